The van der Waals surface area contributed by atoms with Crippen LogP contribution in [-0.4, -0.2) is 35.7 Å². The number of hydrogen-bond acceptors (Lipinski definition) is 1. The van der Waals surface area contributed by atoms with Crippen LogP contribution in [-0.2, 0) is 6.54 Å². The Balaban J connectivity index is 2.60. The number of hydrogen-bond donors (Lipinski definition) is 0. The van der Waals surface area contributed by atoms with Crippen molar-refractivity contribution in [3.05, 3.63) is 29.8 Å². The summed E-state index contributed by atoms with van der Waals surface area (Å²) >= 11 is 2.20. The van der Waals surface area contributed by atoms with Gasteiger partial charge in [0.05, 0.1) is 0 Å². The molecule has 0 radical (unpaired) electrons. The first-order valence-electron chi connectivity index (χ1n) is 6.04. The van der Waals surface area contributed by atoms with Crippen molar-refractivity contribution in [1.29, 1.82) is 0 Å². The fourth-order valence-electron chi connectivity index (χ4n) is 1.93. The maximum absolute atomic E-state index is 2.54. The second kappa shape index (κ2) is 7.12. The molecular formula is C13H20LiN. The molecule has 0 aromatic heterocycles. The van der Waals surface area contributed by atoms with E-state index in [2.05, 4.69) is 60.7 Å². The summed E-state index contributed by atoms with van der Waals surface area (Å²) in [6, 6.07) is 8.69. The zero-order valence-corrected chi connectivity index (χ0v) is 10.3. The van der Waals surface area contributed by atoms with Crippen molar-refractivity contribution in [1.82, 2.24) is 4.90 Å². The molecule has 0 amide bonds. The third-order valence-corrected chi connectivity index (χ3v) is 2.73. The van der Waals surface area contributed by atoms with Gasteiger partial charge in [0.2, 0.25) is 0 Å². The summed E-state index contributed by atoms with van der Waals surface area (Å²) in [4.78, 5) is 2.54. The topological polar surface area (TPSA) is 3.24 Å². The van der Waals surface area contributed by atoms with Crippen LogP contribution in [0.5, 0.6) is 0 Å². The molecule has 0 aliphatic carbocycles. The summed E-state index contributed by atoms with van der Waals surface area (Å²) in [5.74, 6) is 0. The summed E-state index contributed by atoms with van der Waals surface area (Å²) in [6.45, 7) is 8.03. The predicted octanol–water partition coefficient (Wildman–Crippen LogP) is 2.10. The molecule has 0 aliphatic rings. The van der Waals surface area contributed by atoms with E-state index in [0.717, 1.165) is 6.54 Å². The van der Waals surface area contributed by atoms with E-state index in [9.17, 15) is 0 Å². The first-order valence-corrected chi connectivity index (χ1v) is 6.04. The van der Waals surface area contributed by atoms with Gasteiger partial charge in [-0.3, -0.25) is 0 Å². The molecule has 0 saturated heterocycles. The molecule has 0 heterocycles. The van der Waals surface area contributed by atoms with Gasteiger partial charge in [0, 0.05) is 0 Å². The van der Waals surface area contributed by atoms with Gasteiger partial charge in [-0.05, 0) is 0 Å². The van der Waals surface area contributed by atoms with E-state index in [1.54, 1.807) is 0 Å². The van der Waals surface area contributed by atoms with E-state index < -0.39 is 0 Å². The minimum absolute atomic E-state index is 1.11. The summed E-state index contributed by atoms with van der Waals surface area (Å²) in [7, 11) is 0. The van der Waals surface area contributed by atoms with Crippen molar-refractivity contribution < 1.29 is 0 Å². The third kappa shape index (κ3) is 4.43. The molecule has 2 heteroatoms. The van der Waals surface area contributed by atoms with Crippen LogP contribution >= 0.6 is 0 Å². The molecule has 0 aliphatic heterocycles. The van der Waals surface area contributed by atoms with Crippen LogP contribution < -0.4 is 4.24 Å². The van der Waals surface area contributed by atoms with Crippen molar-refractivity contribution >= 4 is 22.0 Å². The van der Waals surface area contributed by atoms with Crippen LogP contribution in [0.1, 0.15) is 32.3 Å². The summed E-state index contributed by atoms with van der Waals surface area (Å²) in [5.41, 5.74) is 1.47. The second-order valence-electron chi connectivity index (χ2n) is 4.20. The van der Waals surface area contributed by atoms with Crippen LogP contribution in [0, 0.1) is 0 Å². The van der Waals surface area contributed by atoms with Gasteiger partial charge in [-0.1, -0.05) is 0 Å². The van der Waals surface area contributed by atoms with Crippen molar-refractivity contribution in [2.75, 3.05) is 13.1 Å². The van der Waals surface area contributed by atoms with E-state index >= 15 is 0 Å². The van der Waals surface area contributed by atoms with Gasteiger partial charge in [-0.15, -0.1) is 0 Å². The normalized spacial score (nSPS) is 11.0. The van der Waals surface area contributed by atoms with Crippen molar-refractivity contribution in [3.63, 3.8) is 0 Å². The Morgan fingerprint density at radius 2 is 1.67 bits per heavy atom. The molecule has 1 rings (SSSR count). The third-order valence-electron chi connectivity index (χ3n) is 2.73. The maximum atomic E-state index is 2.54. The van der Waals surface area contributed by atoms with Gasteiger partial charge in [0.25, 0.3) is 0 Å². The Kier molecular flexibility index (Phi) is 6.09. The molecule has 0 fully saturated rings. The summed E-state index contributed by atoms with van der Waals surface area (Å²) < 4.78 is 1.41. The molecule has 0 bridgehead atoms. The van der Waals surface area contributed by atoms with E-state index in [0.29, 0.717) is 0 Å². The van der Waals surface area contributed by atoms with Crippen molar-refractivity contribution in [3.8, 4) is 0 Å². The molecule has 1 aromatic carbocycles. The molecule has 78 valence electrons. The molecule has 1 aromatic rings. The second-order valence-corrected chi connectivity index (χ2v) is 4.20. The van der Waals surface area contributed by atoms with Crippen LogP contribution in [0.2, 0.25) is 0 Å². The summed E-state index contributed by atoms with van der Waals surface area (Å²) in [6.07, 6.45) is 2.48. The Morgan fingerprint density at radius 3 is 2.20 bits per heavy atom. The van der Waals surface area contributed by atoms with Gasteiger partial charge >= 0.3 is 103 Å². The molecule has 0 unspecified atom stereocenters. The molecule has 1 nitrogen and oxygen atoms in total. The van der Waals surface area contributed by atoms with Crippen molar-refractivity contribution in [2.24, 2.45) is 0 Å². The quantitative estimate of drug-likeness (QED) is 0.631. The van der Waals surface area contributed by atoms with Crippen LogP contribution in [0.25, 0.3) is 0 Å². The van der Waals surface area contributed by atoms with Gasteiger partial charge in [0.15, 0.2) is 0 Å². The molecule has 0 atom stereocenters. The van der Waals surface area contributed by atoms with Crippen molar-refractivity contribution in [2.45, 2.75) is 33.2 Å². The number of nitrogens with zero attached hydrogens (tertiary/aromatic N) is 1. The van der Waals surface area contributed by atoms with Gasteiger partial charge in [0.1, 0.15) is 0 Å². The Hall–Kier alpha value is -0.223. The fraction of sp³-hybridized carbons (Fsp3) is 0.538. The zero-order chi connectivity index (χ0) is 11.1. The van der Waals surface area contributed by atoms with Gasteiger partial charge in [-0.2, -0.15) is 0 Å². The number of benzene rings is 1. The Labute approximate surface area is 103 Å². The van der Waals surface area contributed by atoms with E-state index in [-0.39, 0.29) is 0 Å². The molecule has 15 heavy (non-hydrogen) atoms. The number of rotatable bonds is 6. The predicted molar refractivity (Wildman–Crippen MR) is 67.7 cm³/mol. The molecular weight excluding hydrogens is 177 g/mol. The van der Waals surface area contributed by atoms with Gasteiger partial charge < -0.3 is 0 Å². The fourth-order valence-corrected chi connectivity index (χ4v) is 1.93. The summed E-state index contributed by atoms with van der Waals surface area (Å²) in [5, 5.41) is 0. The zero-order valence-electron chi connectivity index (χ0n) is 10.3. The average molecular weight is 197 g/mol. The SMILES string of the molecule is [Li][c]1ccccc1CN(CCC)CCC. The van der Waals surface area contributed by atoms with E-state index in [4.69, 9.17) is 0 Å². The van der Waals surface area contributed by atoms with E-state index in [1.807, 2.05) is 0 Å². The minimum atomic E-state index is 1.11. The first kappa shape index (κ1) is 12.8. The first-order chi connectivity index (χ1) is 7.27. The van der Waals surface area contributed by atoms with E-state index in [1.165, 1.54) is 35.7 Å². The van der Waals surface area contributed by atoms with Crippen LogP contribution in [0.15, 0.2) is 24.3 Å². The average Bonchev–Trinajstić information content (AvgIpc) is 2.22. The standard InChI is InChI=1S/C13H20N.Li/c1-3-10-14(11-4-2)12-13-8-6-5-7-9-13;/h5-8H,3-4,10-12H2,1-2H3;. The Morgan fingerprint density at radius 1 is 1.07 bits per heavy atom. The molecule has 0 saturated carbocycles. The van der Waals surface area contributed by atoms with Gasteiger partial charge in [-0.25, -0.2) is 0 Å². The molecule has 0 N–H and O–H groups in total. The van der Waals surface area contributed by atoms with Crippen LogP contribution in [0.4, 0.5) is 0 Å². The van der Waals surface area contributed by atoms with Crippen LogP contribution in [0.3, 0.4) is 0 Å². The monoisotopic (exact) mass is 197 g/mol. The molecule has 0 spiro atoms. The Bertz CT molecular complexity index is 280.